The third-order valence-corrected chi connectivity index (χ3v) is 6.60. The Bertz CT molecular complexity index is 1280. The zero-order chi connectivity index (χ0) is 23.8. The molecule has 3 heterocycles. The van der Waals surface area contributed by atoms with Crippen molar-refractivity contribution in [1.29, 1.82) is 0 Å². The summed E-state index contributed by atoms with van der Waals surface area (Å²) in [7, 11) is 0. The largest absolute Gasteiger partial charge is 0.349 e. The number of nitrogens with zero attached hydrogens (tertiary/aromatic N) is 3. The molecule has 2 aromatic heterocycles. The molecule has 2 amide bonds. The van der Waals surface area contributed by atoms with Crippen LogP contribution in [0.25, 0.3) is 11.3 Å². The van der Waals surface area contributed by atoms with Crippen LogP contribution in [0.5, 0.6) is 0 Å². The van der Waals surface area contributed by atoms with E-state index in [9.17, 15) is 18.8 Å². The second-order valence-corrected chi connectivity index (χ2v) is 8.87. The number of anilines is 1. The molecule has 0 saturated heterocycles. The van der Waals surface area contributed by atoms with Crippen LogP contribution in [0.15, 0.2) is 30.5 Å². The first-order valence-corrected chi connectivity index (χ1v) is 11.4. The number of fused-ring (bicyclic) bond motifs is 1. The van der Waals surface area contributed by atoms with Crippen LogP contribution < -0.4 is 10.6 Å². The molecule has 176 valence electrons. The summed E-state index contributed by atoms with van der Waals surface area (Å²) in [5.41, 5.74) is 2.61. The van der Waals surface area contributed by atoms with E-state index in [4.69, 9.17) is 0 Å². The average molecular weight is 465 g/mol. The summed E-state index contributed by atoms with van der Waals surface area (Å²) < 4.78 is 16.5. The standard InChI is InChI=1S/C24H25FN6O3/c1-13-10-19(30-29-13)14-6-7-17(18(25)11-14)22(32)15-4-2-3-5-16(15)23(33)28-20-12-27-31-9-8-26-24(34)21(20)31/h6-7,10-12,15-16H,2-5,8-9H2,1H3,(H,26,34)(H,28,33)(H,29,30)/t15?,16-/m0/s1. The highest BCUT2D eigenvalue weighted by Crippen LogP contribution is 2.35. The highest BCUT2D eigenvalue weighted by molar-refractivity contribution is 6.06. The summed E-state index contributed by atoms with van der Waals surface area (Å²) in [4.78, 5) is 38.8. The van der Waals surface area contributed by atoms with Gasteiger partial charge in [0, 0.05) is 29.6 Å². The van der Waals surface area contributed by atoms with E-state index < -0.39 is 17.7 Å². The SMILES string of the molecule is Cc1cc(-c2ccc(C(=O)C3CCCC[C@@H]3C(=O)Nc3cnn4c3C(=O)NCC4)c(F)c2)n[nH]1. The van der Waals surface area contributed by atoms with Gasteiger partial charge in [0.25, 0.3) is 5.91 Å². The molecule has 1 aliphatic heterocycles. The summed E-state index contributed by atoms with van der Waals surface area (Å²) in [6, 6.07) is 6.24. The van der Waals surface area contributed by atoms with Crippen LogP contribution in [0, 0.1) is 24.6 Å². The molecular weight excluding hydrogens is 439 g/mol. The number of rotatable bonds is 5. The molecular formula is C24H25FN6O3. The number of carbonyl (C=O) groups excluding carboxylic acids is 3. The van der Waals surface area contributed by atoms with Gasteiger partial charge in [-0.05, 0) is 38.0 Å². The van der Waals surface area contributed by atoms with Crippen molar-refractivity contribution < 1.29 is 18.8 Å². The van der Waals surface area contributed by atoms with E-state index in [1.165, 1.54) is 18.3 Å². The maximum Gasteiger partial charge on any atom is 0.271 e. The molecule has 10 heteroatoms. The highest BCUT2D eigenvalue weighted by Gasteiger charge is 2.38. The zero-order valence-electron chi connectivity index (χ0n) is 18.7. The van der Waals surface area contributed by atoms with Gasteiger partial charge in [0.05, 0.1) is 29.7 Å². The van der Waals surface area contributed by atoms with Crippen LogP contribution in [-0.2, 0) is 11.3 Å². The van der Waals surface area contributed by atoms with Crippen molar-refractivity contribution in [3.05, 3.63) is 53.2 Å². The zero-order valence-corrected chi connectivity index (χ0v) is 18.7. The minimum atomic E-state index is -0.637. The van der Waals surface area contributed by atoms with E-state index in [2.05, 4.69) is 25.9 Å². The van der Waals surface area contributed by atoms with Crippen LogP contribution in [0.4, 0.5) is 10.1 Å². The second kappa shape index (κ2) is 8.85. The summed E-state index contributed by atoms with van der Waals surface area (Å²) >= 11 is 0. The number of hydrogen-bond acceptors (Lipinski definition) is 5. The van der Waals surface area contributed by atoms with Crippen molar-refractivity contribution in [2.45, 2.75) is 39.2 Å². The van der Waals surface area contributed by atoms with Gasteiger partial charge in [-0.2, -0.15) is 10.2 Å². The van der Waals surface area contributed by atoms with Crippen molar-refractivity contribution in [2.75, 3.05) is 11.9 Å². The third kappa shape index (κ3) is 4.00. The predicted molar refractivity (Wildman–Crippen MR) is 122 cm³/mol. The Labute approximate surface area is 195 Å². The van der Waals surface area contributed by atoms with Gasteiger partial charge in [-0.3, -0.25) is 24.2 Å². The molecule has 9 nitrogen and oxygen atoms in total. The number of ketones is 1. The van der Waals surface area contributed by atoms with E-state index >= 15 is 0 Å². The minimum absolute atomic E-state index is 0.0250. The Balaban J connectivity index is 1.36. The van der Waals surface area contributed by atoms with Gasteiger partial charge in [0.2, 0.25) is 5.91 Å². The number of H-pyrrole nitrogens is 1. The van der Waals surface area contributed by atoms with Crippen molar-refractivity contribution in [3.63, 3.8) is 0 Å². The van der Waals surface area contributed by atoms with E-state index in [0.29, 0.717) is 48.6 Å². The summed E-state index contributed by atoms with van der Waals surface area (Å²) in [6.45, 7) is 2.85. The number of aromatic nitrogens is 4. The number of carbonyl (C=O) groups is 3. The number of hydrogen-bond donors (Lipinski definition) is 3. The minimum Gasteiger partial charge on any atom is -0.349 e. The van der Waals surface area contributed by atoms with E-state index in [-0.39, 0.29) is 23.2 Å². The Hall–Kier alpha value is -3.82. The predicted octanol–water partition coefficient (Wildman–Crippen LogP) is 3.09. The van der Waals surface area contributed by atoms with Crippen LogP contribution in [-0.4, -0.2) is 44.1 Å². The molecule has 3 N–H and O–H groups in total. The molecule has 3 aromatic rings. The number of nitrogens with one attached hydrogen (secondary N) is 3. The molecule has 1 unspecified atom stereocenters. The van der Waals surface area contributed by atoms with Gasteiger partial charge in [-0.15, -0.1) is 0 Å². The molecule has 0 bridgehead atoms. The number of benzene rings is 1. The average Bonchev–Trinajstić information content (AvgIpc) is 3.45. The quantitative estimate of drug-likeness (QED) is 0.501. The maximum absolute atomic E-state index is 15.0. The Morgan fingerprint density at radius 3 is 2.71 bits per heavy atom. The fourth-order valence-corrected chi connectivity index (χ4v) is 4.87. The van der Waals surface area contributed by atoms with Crippen molar-refractivity contribution in [3.8, 4) is 11.3 Å². The van der Waals surface area contributed by atoms with Crippen molar-refractivity contribution >= 4 is 23.3 Å². The molecule has 34 heavy (non-hydrogen) atoms. The Morgan fingerprint density at radius 2 is 1.97 bits per heavy atom. The number of aryl methyl sites for hydroxylation is 1. The van der Waals surface area contributed by atoms with Gasteiger partial charge in [0.15, 0.2) is 5.78 Å². The normalized spacial score (nSPS) is 19.9. The molecule has 1 saturated carbocycles. The van der Waals surface area contributed by atoms with E-state index in [0.717, 1.165) is 18.5 Å². The molecule has 2 aliphatic rings. The van der Waals surface area contributed by atoms with Gasteiger partial charge < -0.3 is 10.6 Å². The molecule has 0 spiro atoms. The summed E-state index contributed by atoms with van der Waals surface area (Å²) in [6.07, 6.45) is 4.06. The van der Waals surface area contributed by atoms with Crippen LogP contribution >= 0.6 is 0 Å². The van der Waals surface area contributed by atoms with Crippen LogP contribution in [0.3, 0.4) is 0 Å². The lowest BCUT2D eigenvalue weighted by atomic mass is 9.74. The topological polar surface area (TPSA) is 122 Å². The van der Waals surface area contributed by atoms with Crippen LogP contribution in [0.1, 0.15) is 52.2 Å². The highest BCUT2D eigenvalue weighted by atomic mass is 19.1. The summed E-state index contributed by atoms with van der Waals surface area (Å²) in [5, 5.41) is 16.7. The Morgan fingerprint density at radius 1 is 1.18 bits per heavy atom. The monoisotopic (exact) mass is 464 g/mol. The van der Waals surface area contributed by atoms with Gasteiger partial charge in [-0.1, -0.05) is 18.9 Å². The van der Waals surface area contributed by atoms with Crippen molar-refractivity contribution in [2.24, 2.45) is 11.8 Å². The number of amides is 2. The molecule has 1 aliphatic carbocycles. The number of halogens is 1. The smallest absolute Gasteiger partial charge is 0.271 e. The lowest BCUT2D eigenvalue weighted by Gasteiger charge is -2.29. The first-order valence-electron chi connectivity index (χ1n) is 11.4. The lowest BCUT2D eigenvalue weighted by Crippen LogP contribution is -2.38. The van der Waals surface area contributed by atoms with Crippen molar-refractivity contribution in [1.82, 2.24) is 25.3 Å². The molecule has 2 atom stereocenters. The second-order valence-electron chi connectivity index (χ2n) is 8.87. The molecule has 0 radical (unpaired) electrons. The maximum atomic E-state index is 15.0. The number of aromatic amines is 1. The fraction of sp³-hybridized carbons (Fsp3) is 0.375. The first kappa shape index (κ1) is 22.0. The fourth-order valence-electron chi connectivity index (χ4n) is 4.87. The third-order valence-electron chi connectivity index (χ3n) is 6.60. The van der Waals surface area contributed by atoms with E-state index in [1.807, 2.05) is 6.92 Å². The number of Topliss-reactive ketones (excluding diaryl/α,β-unsaturated/α-hetero) is 1. The molecule has 1 fully saturated rings. The first-order chi connectivity index (χ1) is 16.4. The van der Waals surface area contributed by atoms with E-state index in [1.54, 1.807) is 16.8 Å². The van der Waals surface area contributed by atoms with Gasteiger partial charge >= 0.3 is 0 Å². The van der Waals surface area contributed by atoms with Gasteiger partial charge in [0.1, 0.15) is 11.5 Å². The summed E-state index contributed by atoms with van der Waals surface area (Å²) in [5.74, 6) is -2.91. The molecule has 1 aromatic carbocycles. The molecule has 5 rings (SSSR count). The Kier molecular flexibility index (Phi) is 5.72. The van der Waals surface area contributed by atoms with Gasteiger partial charge in [-0.25, -0.2) is 4.39 Å². The van der Waals surface area contributed by atoms with Crippen LogP contribution in [0.2, 0.25) is 0 Å². The lowest BCUT2D eigenvalue weighted by molar-refractivity contribution is -0.122.